The number of hydrogen-bond acceptors (Lipinski definition) is 8. The topological polar surface area (TPSA) is 105 Å². The van der Waals surface area contributed by atoms with E-state index in [9.17, 15) is 4.79 Å². The molecule has 9 nitrogen and oxygen atoms in total. The molecule has 0 unspecified atom stereocenters. The molecule has 2 heterocycles. The van der Waals surface area contributed by atoms with Gasteiger partial charge in [0, 0.05) is 5.56 Å². The number of ether oxygens (including phenoxy) is 4. The first-order chi connectivity index (χ1) is 11.7. The highest BCUT2D eigenvalue weighted by Gasteiger charge is 2.19. The van der Waals surface area contributed by atoms with Crippen LogP contribution in [-0.4, -0.2) is 43.5 Å². The lowest BCUT2D eigenvalue weighted by Crippen LogP contribution is -2.21. The van der Waals surface area contributed by atoms with E-state index < -0.39 is 5.91 Å². The van der Waals surface area contributed by atoms with Crippen LogP contribution in [0, 0.1) is 0 Å². The minimum atomic E-state index is -0.530. The van der Waals surface area contributed by atoms with Crippen LogP contribution in [0.15, 0.2) is 34.6 Å². The molecule has 126 valence electrons. The molecule has 1 aromatic carbocycles. The van der Waals surface area contributed by atoms with Gasteiger partial charge in [0.25, 0.3) is 5.91 Å². The van der Waals surface area contributed by atoms with Crippen LogP contribution in [0.5, 0.6) is 11.5 Å². The van der Waals surface area contributed by atoms with Crippen molar-refractivity contribution in [3.8, 4) is 23.0 Å². The van der Waals surface area contributed by atoms with Crippen molar-refractivity contribution in [1.82, 2.24) is 10.2 Å². The molecule has 0 saturated carbocycles. The van der Waals surface area contributed by atoms with E-state index in [0.717, 1.165) is 0 Å². The molecule has 1 amide bonds. The molecule has 1 aromatic heterocycles. The number of rotatable bonds is 5. The van der Waals surface area contributed by atoms with Crippen LogP contribution in [0.4, 0.5) is 6.01 Å². The minimum Gasteiger partial charge on any atom is -0.494 e. The molecule has 24 heavy (non-hydrogen) atoms. The largest absolute Gasteiger partial charge is 0.494 e. The number of aromatic nitrogens is 2. The number of benzene rings is 1. The van der Waals surface area contributed by atoms with Gasteiger partial charge in [-0.25, -0.2) is 0 Å². The molecule has 0 bridgehead atoms. The van der Waals surface area contributed by atoms with Gasteiger partial charge in [0.15, 0.2) is 11.5 Å². The molecule has 2 aromatic rings. The van der Waals surface area contributed by atoms with E-state index in [-0.39, 0.29) is 17.7 Å². The number of carbonyl (C=O) groups is 1. The predicted molar refractivity (Wildman–Crippen MR) is 81.5 cm³/mol. The SMILES string of the molecule is COc1ccc(-c2nnc(NC(=O)C3=COCCO3)o2)cc1OC. The molecular weight excluding hydrogens is 318 g/mol. The summed E-state index contributed by atoms with van der Waals surface area (Å²) >= 11 is 0. The Hall–Kier alpha value is -3.23. The van der Waals surface area contributed by atoms with Crippen molar-refractivity contribution in [2.75, 3.05) is 32.8 Å². The summed E-state index contributed by atoms with van der Waals surface area (Å²) in [6.07, 6.45) is 1.24. The molecule has 0 radical (unpaired) electrons. The van der Waals surface area contributed by atoms with E-state index >= 15 is 0 Å². The van der Waals surface area contributed by atoms with Crippen LogP contribution in [0.25, 0.3) is 11.5 Å². The second kappa shape index (κ2) is 6.90. The summed E-state index contributed by atoms with van der Waals surface area (Å²) in [6, 6.07) is 5.09. The number of nitrogens with zero attached hydrogens (tertiary/aromatic N) is 2. The third kappa shape index (κ3) is 3.24. The second-order valence-electron chi connectivity index (χ2n) is 4.64. The van der Waals surface area contributed by atoms with Gasteiger partial charge in [0.1, 0.15) is 19.5 Å². The lowest BCUT2D eigenvalue weighted by atomic mass is 10.2. The Morgan fingerprint density at radius 2 is 2.00 bits per heavy atom. The first kappa shape index (κ1) is 15.7. The number of nitrogens with one attached hydrogen (secondary N) is 1. The molecule has 1 aliphatic rings. The molecule has 1 aliphatic heterocycles. The molecule has 9 heteroatoms. The maximum absolute atomic E-state index is 11.9. The summed E-state index contributed by atoms with van der Waals surface area (Å²) in [7, 11) is 3.07. The van der Waals surface area contributed by atoms with E-state index in [0.29, 0.717) is 30.3 Å². The summed E-state index contributed by atoms with van der Waals surface area (Å²) in [4.78, 5) is 11.9. The zero-order valence-corrected chi connectivity index (χ0v) is 13.1. The van der Waals surface area contributed by atoms with Crippen LogP contribution in [0.2, 0.25) is 0 Å². The molecule has 1 N–H and O–H groups in total. The van der Waals surface area contributed by atoms with E-state index in [1.54, 1.807) is 25.3 Å². The van der Waals surface area contributed by atoms with Crippen molar-refractivity contribution >= 4 is 11.9 Å². The predicted octanol–water partition coefficient (Wildman–Crippen LogP) is 1.58. The maximum atomic E-state index is 11.9. The second-order valence-corrected chi connectivity index (χ2v) is 4.64. The summed E-state index contributed by atoms with van der Waals surface area (Å²) in [5.74, 6) is 0.845. The van der Waals surface area contributed by atoms with Crippen LogP contribution in [0.3, 0.4) is 0 Å². The lowest BCUT2D eigenvalue weighted by Gasteiger charge is -2.13. The van der Waals surface area contributed by atoms with Gasteiger partial charge in [-0.3, -0.25) is 10.1 Å². The molecule has 0 aliphatic carbocycles. The Morgan fingerprint density at radius 3 is 2.71 bits per heavy atom. The third-order valence-electron chi connectivity index (χ3n) is 3.15. The fraction of sp³-hybridized carbons (Fsp3) is 0.267. The maximum Gasteiger partial charge on any atom is 0.322 e. The first-order valence-corrected chi connectivity index (χ1v) is 7.03. The number of carbonyl (C=O) groups excluding carboxylic acids is 1. The lowest BCUT2D eigenvalue weighted by molar-refractivity contribution is -0.117. The van der Waals surface area contributed by atoms with Crippen molar-refractivity contribution in [3.05, 3.63) is 30.2 Å². The smallest absolute Gasteiger partial charge is 0.322 e. The van der Waals surface area contributed by atoms with Crippen molar-refractivity contribution in [3.63, 3.8) is 0 Å². The summed E-state index contributed by atoms with van der Waals surface area (Å²) in [6.45, 7) is 0.709. The first-order valence-electron chi connectivity index (χ1n) is 7.03. The van der Waals surface area contributed by atoms with E-state index in [1.807, 2.05) is 0 Å². The van der Waals surface area contributed by atoms with Gasteiger partial charge in [-0.15, -0.1) is 5.10 Å². The molecular formula is C15H15N3O6. The molecule has 0 fully saturated rings. The van der Waals surface area contributed by atoms with Gasteiger partial charge in [-0.2, -0.15) is 0 Å². The number of methoxy groups -OCH3 is 2. The quantitative estimate of drug-likeness (QED) is 0.879. The van der Waals surface area contributed by atoms with Crippen molar-refractivity contribution in [2.45, 2.75) is 0 Å². The minimum absolute atomic E-state index is 0.0483. The number of amides is 1. The molecule has 0 saturated heterocycles. The third-order valence-corrected chi connectivity index (χ3v) is 3.15. The van der Waals surface area contributed by atoms with Gasteiger partial charge >= 0.3 is 6.01 Å². The van der Waals surface area contributed by atoms with Gasteiger partial charge in [-0.05, 0) is 18.2 Å². The van der Waals surface area contributed by atoms with Gasteiger partial charge in [0.2, 0.25) is 11.6 Å². The fourth-order valence-electron chi connectivity index (χ4n) is 2.01. The Morgan fingerprint density at radius 1 is 1.17 bits per heavy atom. The standard InChI is InChI=1S/C15H15N3O6/c1-20-10-4-3-9(7-11(10)21-2)14-17-18-15(24-14)16-13(19)12-8-22-5-6-23-12/h3-4,7-8H,5-6H2,1-2H3,(H,16,18,19). The Bertz CT molecular complexity index is 770. The van der Waals surface area contributed by atoms with Crippen LogP contribution in [0.1, 0.15) is 0 Å². The van der Waals surface area contributed by atoms with Crippen molar-refractivity contribution in [2.24, 2.45) is 0 Å². The Kier molecular flexibility index (Phi) is 4.50. The Labute approximate surface area is 137 Å². The highest BCUT2D eigenvalue weighted by molar-refractivity contribution is 6.00. The van der Waals surface area contributed by atoms with Gasteiger partial charge in [-0.1, -0.05) is 5.10 Å². The molecule has 0 spiro atoms. The average Bonchev–Trinajstić information content (AvgIpc) is 3.10. The zero-order valence-electron chi connectivity index (χ0n) is 13.1. The van der Waals surface area contributed by atoms with E-state index in [2.05, 4.69) is 15.5 Å². The zero-order chi connectivity index (χ0) is 16.9. The molecule has 3 rings (SSSR count). The monoisotopic (exact) mass is 333 g/mol. The number of anilines is 1. The molecule has 0 atom stereocenters. The van der Waals surface area contributed by atoms with E-state index in [1.165, 1.54) is 13.4 Å². The van der Waals surface area contributed by atoms with Crippen LogP contribution < -0.4 is 14.8 Å². The van der Waals surface area contributed by atoms with Crippen LogP contribution in [-0.2, 0) is 14.3 Å². The summed E-state index contributed by atoms with van der Waals surface area (Å²) < 4.78 is 26.0. The van der Waals surface area contributed by atoms with Crippen LogP contribution >= 0.6 is 0 Å². The van der Waals surface area contributed by atoms with Gasteiger partial charge in [0.05, 0.1) is 14.2 Å². The fourth-order valence-corrected chi connectivity index (χ4v) is 2.01. The normalized spacial score (nSPS) is 13.3. The highest BCUT2D eigenvalue weighted by Crippen LogP contribution is 2.32. The summed E-state index contributed by atoms with van der Waals surface area (Å²) in [5.41, 5.74) is 0.622. The number of hydrogen-bond donors (Lipinski definition) is 1. The van der Waals surface area contributed by atoms with Crippen molar-refractivity contribution in [1.29, 1.82) is 0 Å². The van der Waals surface area contributed by atoms with Crippen molar-refractivity contribution < 1.29 is 28.2 Å². The van der Waals surface area contributed by atoms with Gasteiger partial charge < -0.3 is 23.4 Å². The highest BCUT2D eigenvalue weighted by atomic mass is 16.6. The summed E-state index contributed by atoms with van der Waals surface area (Å²) in [5, 5.41) is 10.1. The Balaban J connectivity index is 1.75. The average molecular weight is 333 g/mol. The van der Waals surface area contributed by atoms with E-state index in [4.69, 9.17) is 23.4 Å².